The van der Waals surface area contributed by atoms with E-state index in [1.54, 1.807) is 0 Å². The summed E-state index contributed by atoms with van der Waals surface area (Å²) in [5.74, 6) is 0.763. The number of hydrogen-bond donors (Lipinski definition) is 1. The van der Waals surface area contributed by atoms with Gasteiger partial charge in [-0.1, -0.05) is 33.6 Å². The molecule has 1 fully saturated rings. The number of likely N-dealkylation sites (N-methyl/N-ethyl adjacent to an activating group) is 1. The summed E-state index contributed by atoms with van der Waals surface area (Å²) in [4.78, 5) is 0. The first-order chi connectivity index (χ1) is 8.65. The summed E-state index contributed by atoms with van der Waals surface area (Å²) < 4.78 is 5.57. The predicted octanol–water partition coefficient (Wildman–Crippen LogP) is 3.88. The van der Waals surface area contributed by atoms with Crippen LogP contribution in [-0.2, 0) is 4.74 Å². The normalized spacial score (nSPS) is 29.3. The van der Waals surface area contributed by atoms with E-state index in [1.807, 2.05) is 6.26 Å². The molecule has 2 aliphatic rings. The summed E-state index contributed by atoms with van der Waals surface area (Å²) in [5.41, 5.74) is 1.96. The van der Waals surface area contributed by atoms with Crippen LogP contribution in [-0.4, -0.2) is 19.2 Å². The smallest absolute Gasteiger partial charge is 0.0876 e. The van der Waals surface area contributed by atoms with Crippen molar-refractivity contribution in [3.8, 4) is 0 Å². The molecular weight excluding hydrogens is 222 g/mol. The van der Waals surface area contributed by atoms with Gasteiger partial charge in [0.2, 0.25) is 0 Å². The van der Waals surface area contributed by atoms with Gasteiger partial charge in [-0.25, -0.2) is 0 Å². The van der Waals surface area contributed by atoms with Crippen LogP contribution >= 0.6 is 0 Å². The molecule has 0 amide bonds. The third-order valence-electron chi connectivity index (χ3n) is 4.78. The highest BCUT2D eigenvalue weighted by Gasteiger charge is 2.38. The van der Waals surface area contributed by atoms with E-state index in [-0.39, 0.29) is 0 Å². The lowest BCUT2D eigenvalue weighted by Gasteiger charge is -2.44. The van der Waals surface area contributed by atoms with Crippen molar-refractivity contribution in [2.24, 2.45) is 11.3 Å². The predicted molar refractivity (Wildman–Crippen MR) is 76.5 cm³/mol. The Hall–Kier alpha value is -0.500. The highest BCUT2D eigenvalue weighted by molar-refractivity contribution is 5.14. The highest BCUT2D eigenvalue weighted by atomic mass is 16.5. The third kappa shape index (κ3) is 3.09. The van der Waals surface area contributed by atoms with Gasteiger partial charge < -0.3 is 10.1 Å². The van der Waals surface area contributed by atoms with Gasteiger partial charge in [-0.15, -0.1) is 0 Å². The summed E-state index contributed by atoms with van der Waals surface area (Å²) in [7, 11) is 0. The lowest BCUT2D eigenvalue weighted by molar-refractivity contribution is 0.104. The van der Waals surface area contributed by atoms with Crippen LogP contribution in [0.4, 0.5) is 0 Å². The number of rotatable bonds is 4. The van der Waals surface area contributed by atoms with E-state index in [0.29, 0.717) is 11.5 Å². The zero-order valence-electron chi connectivity index (χ0n) is 12.3. The summed E-state index contributed by atoms with van der Waals surface area (Å²) in [5, 5.41) is 3.73. The Labute approximate surface area is 112 Å². The zero-order valence-corrected chi connectivity index (χ0v) is 12.3. The van der Waals surface area contributed by atoms with Crippen LogP contribution in [0.3, 0.4) is 0 Å². The molecule has 0 radical (unpaired) electrons. The number of nitrogens with one attached hydrogen (secondary N) is 1. The Kier molecular flexibility index (Phi) is 4.71. The molecule has 104 valence electrons. The molecule has 0 aromatic rings. The van der Waals surface area contributed by atoms with Crippen LogP contribution < -0.4 is 5.32 Å². The van der Waals surface area contributed by atoms with E-state index >= 15 is 0 Å². The van der Waals surface area contributed by atoms with Gasteiger partial charge in [0.25, 0.3) is 0 Å². The van der Waals surface area contributed by atoms with E-state index in [1.165, 1.54) is 44.1 Å². The zero-order chi connectivity index (χ0) is 13.0. The molecule has 0 aromatic carbocycles. The molecule has 0 spiro atoms. The van der Waals surface area contributed by atoms with Gasteiger partial charge >= 0.3 is 0 Å². The molecule has 0 aromatic heterocycles. The molecule has 18 heavy (non-hydrogen) atoms. The molecular formula is C16H29NO. The van der Waals surface area contributed by atoms with E-state index in [4.69, 9.17) is 4.74 Å². The minimum Gasteiger partial charge on any atom is -0.501 e. The van der Waals surface area contributed by atoms with Crippen molar-refractivity contribution < 1.29 is 4.74 Å². The molecule has 1 N–H and O–H groups in total. The lowest BCUT2D eigenvalue weighted by Crippen LogP contribution is -2.46. The lowest BCUT2D eigenvalue weighted by atomic mass is 9.64. The third-order valence-corrected chi connectivity index (χ3v) is 4.78. The Morgan fingerprint density at radius 1 is 1.39 bits per heavy atom. The van der Waals surface area contributed by atoms with Crippen molar-refractivity contribution in [1.29, 1.82) is 0 Å². The molecule has 2 atom stereocenters. The average molecular weight is 251 g/mol. The fourth-order valence-electron chi connectivity index (χ4n) is 3.70. The van der Waals surface area contributed by atoms with Crippen LogP contribution in [0.2, 0.25) is 0 Å². The van der Waals surface area contributed by atoms with Crippen LogP contribution in [0.25, 0.3) is 0 Å². The molecule has 2 heteroatoms. The van der Waals surface area contributed by atoms with E-state index in [2.05, 4.69) is 26.1 Å². The Bertz CT molecular complexity index is 295. The van der Waals surface area contributed by atoms with Gasteiger partial charge in [-0.2, -0.15) is 0 Å². The molecule has 1 aliphatic carbocycles. The van der Waals surface area contributed by atoms with Gasteiger partial charge in [0.15, 0.2) is 0 Å². The molecule has 2 nitrogen and oxygen atoms in total. The SMILES string of the molecule is CCNC(C1=COCCC1)C1CCCCC1(C)C. The number of ether oxygens (including phenoxy) is 1. The quantitative estimate of drug-likeness (QED) is 0.819. The first-order valence-electron chi connectivity index (χ1n) is 7.69. The van der Waals surface area contributed by atoms with Gasteiger partial charge in [0.05, 0.1) is 12.9 Å². The van der Waals surface area contributed by atoms with Crippen LogP contribution in [0, 0.1) is 11.3 Å². The first kappa shape index (κ1) is 13.9. The maximum Gasteiger partial charge on any atom is 0.0876 e. The largest absolute Gasteiger partial charge is 0.501 e. The van der Waals surface area contributed by atoms with Gasteiger partial charge in [-0.3, -0.25) is 0 Å². The minimum atomic E-state index is 0.462. The summed E-state index contributed by atoms with van der Waals surface area (Å²) in [6.45, 7) is 9.06. The van der Waals surface area contributed by atoms with E-state index < -0.39 is 0 Å². The van der Waals surface area contributed by atoms with E-state index in [9.17, 15) is 0 Å². The molecule has 1 saturated carbocycles. The second-order valence-electron chi connectivity index (χ2n) is 6.54. The molecule has 0 bridgehead atoms. The van der Waals surface area contributed by atoms with Crippen molar-refractivity contribution in [2.45, 2.75) is 65.3 Å². The Morgan fingerprint density at radius 3 is 2.83 bits per heavy atom. The van der Waals surface area contributed by atoms with Gasteiger partial charge in [-0.05, 0) is 49.1 Å². The molecule has 1 aliphatic heterocycles. The summed E-state index contributed by atoms with van der Waals surface area (Å²) >= 11 is 0. The maximum atomic E-state index is 5.57. The maximum absolute atomic E-state index is 5.57. The number of hydrogen-bond acceptors (Lipinski definition) is 2. The van der Waals surface area contributed by atoms with Crippen LogP contribution in [0.15, 0.2) is 11.8 Å². The van der Waals surface area contributed by atoms with Crippen LogP contribution in [0.5, 0.6) is 0 Å². The fraction of sp³-hybridized carbons (Fsp3) is 0.875. The van der Waals surface area contributed by atoms with Crippen LogP contribution in [0.1, 0.15) is 59.3 Å². The second kappa shape index (κ2) is 6.10. The van der Waals surface area contributed by atoms with Crippen molar-refractivity contribution >= 4 is 0 Å². The average Bonchev–Trinajstić information content (AvgIpc) is 2.37. The molecule has 2 unspecified atom stereocenters. The molecule has 2 rings (SSSR count). The van der Waals surface area contributed by atoms with Gasteiger partial charge in [0, 0.05) is 6.04 Å². The van der Waals surface area contributed by atoms with Crippen molar-refractivity contribution in [3.05, 3.63) is 11.8 Å². The second-order valence-corrected chi connectivity index (χ2v) is 6.54. The van der Waals surface area contributed by atoms with Crippen molar-refractivity contribution in [2.75, 3.05) is 13.2 Å². The first-order valence-corrected chi connectivity index (χ1v) is 7.69. The van der Waals surface area contributed by atoms with Crippen molar-refractivity contribution in [1.82, 2.24) is 5.32 Å². The molecule has 0 saturated heterocycles. The fourth-order valence-corrected chi connectivity index (χ4v) is 3.70. The minimum absolute atomic E-state index is 0.462. The molecule has 1 heterocycles. The highest BCUT2D eigenvalue weighted by Crippen LogP contribution is 2.44. The topological polar surface area (TPSA) is 21.3 Å². The summed E-state index contributed by atoms with van der Waals surface area (Å²) in [6.07, 6.45) is 9.96. The Balaban J connectivity index is 2.15. The Morgan fingerprint density at radius 2 is 2.22 bits per heavy atom. The monoisotopic (exact) mass is 251 g/mol. The van der Waals surface area contributed by atoms with Gasteiger partial charge in [0.1, 0.15) is 0 Å². The summed E-state index contributed by atoms with van der Waals surface area (Å²) in [6, 6.07) is 0.533. The van der Waals surface area contributed by atoms with E-state index in [0.717, 1.165) is 19.1 Å². The van der Waals surface area contributed by atoms with Crippen molar-refractivity contribution in [3.63, 3.8) is 0 Å². The standard InChI is InChI=1S/C16H29NO/c1-4-17-15(13-8-7-11-18-12-13)14-9-5-6-10-16(14,2)3/h12,14-15,17H,4-11H2,1-3H3.